The van der Waals surface area contributed by atoms with Crippen LogP contribution in [0.25, 0.3) is 0 Å². The summed E-state index contributed by atoms with van der Waals surface area (Å²) in [5, 5.41) is 20.7. The van der Waals surface area contributed by atoms with Crippen LogP contribution in [0.15, 0.2) is 54.6 Å². The zero-order chi connectivity index (χ0) is 21.6. The van der Waals surface area contributed by atoms with Crippen molar-refractivity contribution in [2.24, 2.45) is 5.92 Å². The number of carboxylic acids is 1. The Kier molecular flexibility index (Phi) is 7.08. The number of aliphatic carboxylic acids is 1. The van der Waals surface area contributed by atoms with Gasteiger partial charge in [0.15, 0.2) is 17.3 Å². The maximum Gasteiger partial charge on any atom is 0.412 e. The van der Waals surface area contributed by atoms with Crippen molar-refractivity contribution in [2.45, 2.75) is 20.0 Å². The molecule has 0 bridgehead atoms. The number of halogens is 1. The lowest BCUT2D eigenvalue weighted by Gasteiger charge is -2.23. The highest BCUT2D eigenvalue weighted by atomic mass is 19.1. The number of aromatic hydroxyl groups is 1. The molecular weight excluding hydrogens is 381 g/mol. The fourth-order valence-electron chi connectivity index (χ4n) is 2.56. The maximum absolute atomic E-state index is 13.8. The van der Waals surface area contributed by atoms with E-state index < -0.39 is 35.7 Å². The van der Waals surface area contributed by atoms with Crippen molar-refractivity contribution >= 4 is 23.5 Å². The van der Waals surface area contributed by atoms with Crippen molar-refractivity contribution in [1.82, 2.24) is 0 Å². The number of phenols is 1. The van der Waals surface area contributed by atoms with Gasteiger partial charge in [0, 0.05) is 23.2 Å². The third-order valence-corrected chi connectivity index (χ3v) is 4.09. The van der Waals surface area contributed by atoms with Crippen LogP contribution in [0.2, 0.25) is 0 Å². The van der Waals surface area contributed by atoms with Crippen molar-refractivity contribution in [3.8, 4) is 5.75 Å². The molecule has 0 aliphatic rings. The first-order chi connectivity index (χ1) is 13.7. The monoisotopic (exact) mass is 401 g/mol. The number of rotatable bonds is 7. The van der Waals surface area contributed by atoms with E-state index in [1.165, 1.54) is 31.2 Å². The highest BCUT2D eigenvalue weighted by Gasteiger charge is 2.23. The topological polar surface area (TPSA) is 113 Å². The lowest BCUT2D eigenvalue weighted by atomic mass is 9.96. The van der Waals surface area contributed by atoms with Gasteiger partial charge in [-0.2, -0.15) is 0 Å². The third-order valence-electron chi connectivity index (χ3n) is 4.09. The molecule has 2 aromatic rings. The largest absolute Gasteiger partial charge is 0.505 e. The molecule has 1 amide bonds. The zero-order valence-electron chi connectivity index (χ0n) is 15.8. The fraction of sp³-hybridized carbons (Fsp3) is 0.190. The number of Topliss-reactive ketones (excluding diaryl/α,β-unsaturated/α-hetero) is 1. The van der Waals surface area contributed by atoms with Gasteiger partial charge in [0.25, 0.3) is 0 Å². The number of carbonyl (C=O) groups is 3. The summed E-state index contributed by atoms with van der Waals surface area (Å²) >= 11 is 0. The molecule has 7 nitrogen and oxygen atoms in total. The number of carbonyl (C=O) groups excluding carboxylic acids is 2. The predicted octanol–water partition coefficient (Wildman–Crippen LogP) is 4.30. The summed E-state index contributed by atoms with van der Waals surface area (Å²) in [6.45, 7) is 3.02. The second kappa shape index (κ2) is 9.50. The van der Waals surface area contributed by atoms with Gasteiger partial charge in [-0.05, 0) is 48.9 Å². The van der Waals surface area contributed by atoms with Gasteiger partial charge in [-0.15, -0.1) is 0 Å². The Morgan fingerprint density at radius 2 is 1.79 bits per heavy atom. The molecule has 0 aliphatic heterocycles. The number of ether oxygens (including phenoxy) is 1. The van der Waals surface area contributed by atoms with Gasteiger partial charge in [0.2, 0.25) is 0 Å². The number of hydrogen-bond acceptors (Lipinski definition) is 5. The minimum atomic E-state index is -1.18. The molecule has 0 aromatic heterocycles. The molecule has 2 atom stereocenters. The average Bonchev–Trinajstić information content (AvgIpc) is 2.67. The normalized spacial score (nSPS) is 12.9. The van der Waals surface area contributed by atoms with Gasteiger partial charge in [0.05, 0.1) is 0 Å². The van der Waals surface area contributed by atoms with Crippen LogP contribution in [0, 0.1) is 11.7 Å². The quantitative estimate of drug-likeness (QED) is 0.471. The molecule has 0 spiro atoms. The summed E-state index contributed by atoms with van der Waals surface area (Å²) in [5.74, 6) is -3.36. The van der Waals surface area contributed by atoms with Crippen molar-refractivity contribution in [1.29, 1.82) is 0 Å². The van der Waals surface area contributed by atoms with E-state index in [1.54, 1.807) is 19.1 Å². The Labute approximate surface area is 166 Å². The average molecular weight is 401 g/mol. The summed E-state index contributed by atoms with van der Waals surface area (Å²) < 4.78 is 19.2. The van der Waals surface area contributed by atoms with E-state index in [0.717, 1.165) is 18.2 Å². The minimum absolute atomic E-state index is 0.118. The van der Waals surface area contributed by atoms with Crippen LogP contribution in [-0.4, -0.2) is 28.1 Å². The molecule has 0 fully saturated rings. The van der Waals surface area contributed by atoms with Gasteiger partial charge in [-0.1, -0.05) is 19.1 Å². The van der Waals surface area contributed by atoms with E-state index in [1.807, 2.05) is 0 Å². The van der Waals surface area contributed by atoms with Crippen LogP contribution >= 0.6 is 0 Å². The number of anilines is 1. The van der Waals surface area contributed by atoms with E-state index in [2.05, 4.69) is 5.32 Å². The first kappa shape index (κ1) is 21.6. The molecule has 29 heavy (non-hydrogen) atoms. The van der Waals surface area contributed by atoms with Crippen molar-refractivity contribution in [2.75, 3.05) is 5.32 Å². The highest BCUT2D eigenvalue weighted by Crippen LogP contribution is 2.30. The summed E-state index contributed by atoms with van der Waals surface area (Å²) in [6.07, 6.45) is 0.343. The molecule has 3 N–H and O–H groups in total. The van der Waals surface area contributed by atoms with Gasteiger partial charge in [-0.25, -0.2) is 14.0 Å². The third kappa shape index (κ3) is 6.17. The Bertz CT molecular complexity index is 939. The highest BCUT2D eigenvalue weighted by molar-refractivity contribution is 5.95. The number of ketones is 1. The molecule has 0 aliphatic carbocycles. The van der Waals surface area contributed by atoms with Crippen LogP contribution in [0.4, 0.5) is 14.9 Å². The number of nitrogens with one attached hydrogen (secondary N) is 1. The lowest BCUT2D eigenvalue weighted by Crippen LogP contribution is -2.21. The van der Waals surface area contributed by atoms with E-state index in [9.17, 15) is 23.9 Å². The zero-order valence-corrected chi connectivity index (χ0v) is 15.8. The van der Waals surface area contributed by atoms with Gasteiger partial charge in [0.1, 0.15) is 6.10 Å². The van der Waals surface area contributed by atoms with E-state index in [-0.39, 0.29) is 11.3 Å². The second-order valence-electron chi connectivity index (χ2n) is 6.35. The van der Waals surface area contributed by atoms with E-state index in [0.29, 0.717) is 11.3 Å². The van der Waals surface area contributed by atoms with Crippen molar-refractivity contribution < 1.29 is 33.7 Å². The SMILES string of the molecule is CC(=O)c1ccc(NC(=O)O[C@H](c2ccc(O)c(F)c2)[C@H](C)/C=C/C(=O)O)cc1. The summed E-state index contributed by atoms with van der Waals surface area (Å²) in [6, 6.07) is 9.66. The Morgan fingerprint density at radius 1 is 1.14 bits per heavy atom. The molecule has 8 heteroatoms. The van der Waals surface area contributed by atoms with Crippen molar-refractivity contribution in [3.63, 3.8) is 0 Å². The molecule has 0 radical (unpaired) electrons. The van der Waals surface area contributed by atoms with Crippen molar-refractivity contribution in [3.05, 3.63) is 71.6 Å². The first-order valence-electron chi connectivity index (χ1n) is 8.65. The molecule has 0 heterocycles. The maximum atomic E-state index is 13.8. The molecular formula is C21H20FNO6. The van der Waals surface area contributed by atoms with E-state index >= 15 is 0 Å². The van der Waals surface area contributed by atoms with Crippen LogP contribution in [0.5, 0.6) is 5.75 Å². The summed E-state index contributed by atoms with van der Waals surface area (Å²) in [7, 11) is 0. The standard InChI is InChI=1S/C21H20FNO6/c1-12(3-10-19(26)27)20(15-6-9-18(25)17(22)11-15)29-21(28)23-16-7-4-14(5-8-16)13(2)24/h3-12,20,25H,1-2H3,(H,23,28)(H,26,27)/b10-3+/t12-,20+/m1/s1. The number of phenolic OH excluding ortho intramolecular Hbond substituents is 1. The summed E-state index contributed by atoms with van der Waals surface area (Å²) in [5.41, 5.74) is 1.10. The lowest BCUT2D eigenvalue weighted by molar-refractivity contribution is -0.131. The number of carboxylic acid groups (broad SMARTS) is 1. The van der Waals surface area contributed by atoms with Gasteiger partial charge >= 0.3 is 12.1 Å². The van der Waals surface area contributed by atoms with Crippen LogP contribution in [0.1, 0.15) is 35.9 Å². The molecule has 2 aromatic carbocycles. The Balaban J connectivity index is 2.21. The van der Waals surface area contributed by atoms with Crippen LogP contribution in [-0.2, 0) is 9.53 Å². The van der Waals surface area contributed by atoms with Crippen LogP contribution < -0.4 is 5.32 Å². The number of hydrogen-bond donors (Lipinski definition) is 3. The number of benzene rings is 2. The Morgan fingerprint density at radius 3 is 2.34 bits per heavy atom. The molecule has 2 rings (SSSR count). The van der Waals surface area contributed by atoms with Gasteiger partial charge < -0.3 is 14.9 Å². The molecule has 0 saturated heterocycles. The number of amides is 1. The summed E-state index contributed by atoms with van der Waals surface area (Å²) in [4.78, 5) is 34.4. The molecule has 0 unspecified atom stereocenters. The fourth-order valence-corrected chi connectivity index (χ4v) is 2.56. The van der Waals surface area contributed by atoms with Crippen LogP contribution in [0.3, 0.4) is 0 Å². The Hall–Kier alpha value is -3.68. The smallest absolute Gasteiger partial charge is 0.412 e. The van der Waals surface area contributed by atoms with E-state index in [4.69, 9.17) is 9.84 Å². The minimum Gasteiger partial charge on any atom is -0.505 e. The first-order valence-corrected chi connectivity index (χ1v) is 8.65. The van der Waals surface area contributed by atoms with Gasteiger partial charge in [-0.3, -0.25) is 10.1 Å². The molecule has 152 valence electrons. The predicted molar refractivity (Wildman–Crippen MR) is 103 cm³/mol. The second-order valence-corrected chi connectivity index (χ2v) is 6.35. The molecule has 0 saturated carbocycles.